The van der Waals surface area contributed by atoms with Crippen molar-refractivity contribution in [1.29, 1.82) is 0 Å². The monoisotopic (exact) mass is 402 g/mol. The van der Waals surface area contributed by atoms with Crippen molar-refractivity contribution in [3.8, 4) is 11.5 Å². The standard InChI is InChI=1S/C25H26N2O3/c1-18-5-8-22(9-6-18)16-29-23-12-10-21(11-13-23)15-26-27-25(28)17-30-24-14-19(2)4-7-20(24)3/h4-15H,16-17H2,1-3H3,(H,27,28)/b26-15+. The van der Waals surface area contributed by atoms with Crippen molar-refractivity contribution in [3.63, 3.8) is 0 Å². The minimum absolute atomic E-state index is 0.0899. The van der Waals surface area contributed by atoms with E-state index in [1.807, 2.05) is 56.3 Å². The molecule has 3 rings (SSSR count). The highest BCUT2D eigenvalue weighted by Crippen LogP contribution is 2.18. The molecule has 0 aliphatic rings. The molecule has 0 saturated heterocycles. The minimum Gasteiger partial charge on any atom is -0.489 e. The van der Waals surface area contributed by atoms with Gasteiger partial charge in [-0.05, 0) is 73.4 Å². The van der Waals surface area contributed by atoms with Gasteiger partial charge in [-0.2, -0.15) is 5.10 Å². The summed E-state index contributed by atoms with van der Waals surface area (Å²) in [5.41, 5.74) is 7.75. The second kappa shape index (κ2) is 10.3. The van der Waals surface area contributed by atoms with E-state index in [4.69, 9.17) is 9.47 Å². The molecule has 3 aromatic carbocycles. The largest absolute Gasteiger partial charge is 0.489 e. The molecule has 0 radical (unpaired) electrons. The molecular weight excluding hydrogens is 376 g/mol. The summed E-state index contributed by atoms with van der Waals surface area (Å²) in [6, 6.07) is 21.7. The minimum atomic E-state index is -0.315. The Hall–Kier alpha value is -3.60. The predicted octanol–water partition coefficient (Wildman–Crippen LogP) is 4.72. The number of nitrogens with one attached hydrogen (secondary N) is 1. The summed E-state index contributed by atoms with van der Waals surface area (Å²) in [5, 5.41) is 3.98. The maximum atomic E-state index is 11.9. The number of amides is 1. The summed E-state index contributed by atoms with van der Waals surface area (Å²) in [6.45, 7) is 6.41. The number of nitrogens with zero attached hydrogens (tertiary/aromatic N) is 1. The van der Waals surface area contributed by atoms with Crippen LogP contribution in [-0.4, -0.2) is 18.7 Å². The third kappa shape index (κ3) is 6.48. The maximum absolute atomic E-state index is 11.9. The molecule has 0 atom stereocenters. The molecule has 0 aromatic heterocycles. The van der Waals surface area contributed by atoms with Gasteiger partial charge in [-0.25, -0.2) is 5.43 Å². The summed E-state index contributed by atoms with van der Waals surface area (Å²) in [5.74, 6) is 1.17. The fourth-order valence-corrected chi connectivity index (χ4v) is 2.72. The smallest absolute Gasteiger partial charge is 0.277 e. The van der Waals surface area contributed by atoms with Crippen LogP contribution in [0.5, 0.6) is 11.5 Å². The Morgan fingerprint density at radius 1 is 0.900 bits per heavy atom. The van der Waals surface area contributed by atoms with Gasteiger partial charge in [0.2, 0.25) is 0 Å². The average Bonchev–Trinajstić information content (AvgIpc) is 2.75. The number of aryl methyl sites for hydroxylation is 3. The van der Waals surface area contributed by atoms with Gasteiger partial charge < -0.3 is 9.47 Å². The summed E-state index contributed by atoms with van der Waals surface area (Å²) in [6.07, 6.45) is 1.58. The molecule has 5 heteroatoms. The second-order valence-electron chi connectivity index (χ2n) is 7.19. The van der Waals surface area contributed by atoms with Crippen LogP contribution >= 0.6 is 0 Å². The fraction of sp³-hybridized carbons (Fsp3) is 0.200. The van der Waals surface area contributed by atoms with Crippen LogP contribution in [0.3, 0.4) is 0 Å². The van der Waals surface area contributed by atoms with E-state index in [1.54, 1.807) is 6.21 Å². The van der Waals surface area contributed by atoms with E-state index < -0.39 is 0 Å². The van der Waals surface area contributed by atoms with Crippen molar-refractivity contribution in [2.24, 2.45) is 5.10 Å². The highest BCUT2D eigenvalue weighted by Gasteiger charge is 2.04. The molecule has 0 bridgehead atoms. The van der Waals surface area contributed by atoms with Crippen molar-refractivity contribution in [2.75, 3.05) is 6.61 Å². The van der Waals surface area contributed by atoms with Crippen molar-refractivity contribution in [3.05, 3.63) is 94.5 Å². The number of hydrogen-bond donors (Lipinski definition) is 1. The topological polar surface area (TPSA) is 59.9 Å². The van der Waals surface area contributed by atoms with Gasteiger partial charge in [-0.3, -0.25) is 4.79 Å². The van der Waals surface area contributed by atoms with Gasteiger partial charge in [0.05, 0.1) is 6.21 Å². The Bertz CT molecular complexity index is 1010. The molecule has 5 nitrogen and oxygen atoms in total. The third-order valence-electron chi connectivity index (χ3n) is 4.51. The molecule has 1 amide bonds. The van der Waals surface area contributed by atoms with Crippen LogP contribution in [0.25, 0.3) is 0 Å². The van der Waals surface area contributed by atoms with E-state index in [9.17, 15) is 4.79 Å². The Morgan fingerprint density at radius 3 is 2.33 bits per heavy atom. The average molecular weight is 402 g/mol. The molecule has 0 saturated carbocycles. The van der Waals surface area contributed by atoms with Crippen LogP contribution in [0.15, 0.2) is 71.8 Å². The lowest BCUT2D eigenvalue weighted by atomic mass is 10.1. The van der Waals surface area contributed by atoms with Gasteiger partial charge in [0.15, 0.2) is 6.61 Å². The highest BCUT2D eigenvalue weighted by atomic mass is 16.5. The van der Waals surface area contributed by atoms with Crippen molar-refractivity contribution >= 4 is 12.1 Å². The SMILES string of the molecule is Cc1ccc(COc2ccc(/C=N/NC(=O)COc3cc(C)ccc3C)cc2)cc1. The first-order chi connectivity index (χ1) is 14.5. The summed E-state index contributed by atoms with van der Waals surface area (Å²) in [7, 11) is 0. The summed E-state index contributed by atoms with van der Waals surface area (Å²) >= 11 is 0. The van der Waals surface area contributed by atoms with Crippen LogP contribution in [-0.2, 0) is 11.4 Å². The lowest BCUT2D eigenvalue weighted by molar-refractivity contribution is -0.123. The van der Waals surface area contributed by atoms with E-state index in [2.05, 4.69) is 41.7 Å². The fourth-order valence-electron chi connectivity index (χ4n) is 2.72. The second-order valence-corrected chi connectivity index (χ2v) is 7.19. The quantitative estimate of drug-likeness (QED) is 0.438. The first kappa shape index (κ1) is 21.1. The number of rotatable bonds is 8. The van der Waals surface area contributed by atoms with Crippen LogP contribution in [0.2, 0.25) is 0 Å². The molecule has 154 valence electrons. The van der Waals surface area contributed by atoms with Crippen molar-refractivity contribution in [2.45, 2.75) is 27.4 Å². The molecule has 0 heterocycles. The number of ether oxygens (including phenoxy) is 2. The van der Waals surface area contributed by atoms with E-state index in [1.165, 1.54) is 5.56 Å². The van der Waals surface area contributed by atoms with E-state index in [0.717, 1.165) is 28.0 Å². The Labute approximate surface area is 177 Å². The number of hydrogen-bond acceptors (Lipinski definition) is 4. The molecule has 3 aromatic rings. The van der Waals surface area contributed by atoms with E-state index in [0.29, 0.717) is 12.4 Å². The number of benzene rings is 3. The first-order valence-corrected chi connectivity index (χ1v) is 9.80. The van der Waals surface area contributed by atoms with Crippen molar-refractivity contribution in [1.82, 2.24) is 5.43 Å². The van der Waals surface area contributed by atoms with E-state index in [-0.39, 0.29) is 12.5 Å². The zero-order valence-electron chi connectivity index (χ0n) is 17.5. The lowest BCUT2D eigenvalue weighted by Gasteiger charge is -2.09. The summed E-state index contributed by atoms with van der Waals surface area (Å²) in [4.78, 5) is 11.9. The van der Waals surface area contributed by atoms with Gasteiger partial charge in [0, 0.05) is 0 Å². The molecule has 0 aliphatic heterocycles. The molecule has 1 N–H and O–H groups in total. The predicted molar refractivity (Wildman–Crippen MR) is 119 cm³/mol. The normalized spacial score (nSPS) is 10.8. The van der Waals surface area contributed by atoms with Gasteiger partial charge in [0.1, 0.15) is 18.1 Å². The zero-order valence-corrected chi connectivity index (χ0v) is 17.5. The Balaban J connectivity index is 1.43. The van der Waals surface area contributed by atoms with E-state index >= 15 is 0 Å². The Morgan fingerprint density at radius 2 is 1.60 bits per heavy atom. The highest BCUT2D eigenvalue weighted by molar-refractivity contribution is 5.83. The molecule has 0 spiro atoms. The van der Waals surface area contributed by atoms with Gasteiger partial charge >= 0.3 is 0 Å². The third-order valence-corrected chi connectivity index (χ3v) is 4.51. The van der Waals surface area contributed by atoms with Crippen LogP contribution < -0.4 is 14.9 Å². The molecule has 0 aliphatic carbocycles. The number of hydrazone groups is 1. The van der Waals surface area contributed by atoms with Crippen LogP contribution in [0.4, 0.5) is 0 Å². The van der Waals surface area contributed by atoms with Crippen molar-refractivity contribution < 1.29 is 14.3 Å². The van der Waals surface area contributed by atoms with Crippen LogP contribution in [0.1, 0.15) is 27.8 Å². The summed E-state index contributed by atoms with van der Waals surface area (Å²) < 4.78 is 11.4. The maximum Gasteiger partial charge on any atom is 0.277 e. The first-order valence-electron chi connectivity index (χ1n) is 9.80. The lowest BCUT2D eigenvalue weighted by Crippen LogP contribution is -2.24. The van der Waals surface area contributed by atoms with Gasteiger partial charge in [0.25, 0.3) is 5.91 Å². The molecule has 0 unspecified atom stereocenters. The van der Waals surface area contributed by atoms with Crippen LogP contribution in [0, 0.1) is 20.8 Å². The Kier molecular flexibility index (Phi) is 7.22. The molecule has 0 fully saturated rings. The number of carbonyl (C=O) groups excluding carboxylic acids is 1. The molecular formula is C25H26N2O3. The zero-order chi connectivity index (χ0) is 21.3. The van der Waals surface area contributed by atoms with Gasteiger partial charge in [-0.1, -0.05) is 42.0 Å². The number of carbonyl (C=O) groups is 1. The van der Waals surface area contributed by atoms with Gasteiger partial charge in [-0.15, -0.1) is 0 Å². The molecule has 30 heavy (non-hydrogen) atoms.